The first-order valence-corrected chi connectivity index (χ1v) is 5.38. The van der Waals surface area contributed by atoms with E-state index < -0.39 is 0 Å². The average Bonchev–Trinajstić information content (AvgIpc) is 2.36. The van der Waals surface area contributed by atoms with Crippen molar-refractivity contribution < 1.29 is 9.53 Å². The summed E-state index contributed by atoms with van der Waals surface area (Å²) in [7, 11) is 1.62. The molecule has 0 radical (unpaired) electrons. The molecule has 0 unspecified atom stereocenters. The Hall–Kier alpha value is -1.59. The number of carbonyl (C=O) groups is 1. The van der Waals surface area contributed by atoms with Crippen molar-refractivity contribution >= 4 is 11.6 Å². The topological polar surface area (TPSA) is 76.4 Å². The van der Waals surface area contributed by atoms with E-state index in [2.05, 4.69) is 10.7 Å². The normalized spacial score (nSPS) is 11.1. The predicted molar refractivity (Wildman–Crippen MR) is 67.7 cm³/mol. The molecular formula is C12H19N3O2. The highest BCUT2D eigenvalue weighted by Crippen LogP contribution is 2.09. The van der Waals surface area contributed by atoms with Crippen LogP contribution in [0.2, 0.25) is 0 Å². The number of nitrogens with one attached hydrogen (secondary N) is 2. The number of amides is 1. The van der Waals surface area contributed by atoms with Gasteiger partial charge in [-0.05, 0) is 38.1 Å². The number of rotatable bonds is 5. The van der Waals surface area contributed by atoms with Gasteiger partial charge in [0.05, 0.1) is 5.60 Å². The van der Waals surface area contributed by atoms with Crippen molar-refractivity contribution in [1.29, 1.82) is 0 Å². The lowest BCUT2D eigenvalue weighted by atomic mass is 10.1. The van der Waals surface area contributed by atoms with Crippen LogP contribution in [0.3, 0.4) is 0 Å². The van der Waals surface area contributed by atoms with Gasteiger partial charge >= 0.3 is 0 Å². The molecule has 0 bridgehead atoms. The Morgan fingerprint density at radius 1 is 1.35 bits per heavy atom. The smallest absolute Gasteiger partial charge is 0.251 e. The molecule has 0 saturated carbocycles. The summed E-state index contributed by atoms with van der Waals surface area (Å²) in [5, 5.41) is 2.81. The van der Waals surface area contributed by atoms with Crippen LogP contribution in [0.15, 0.2) is 24.3 Å². The third-order valence-electron chi connectivity index (χ3n) is 2.54. The highest BCUT2D eigenvalue weighted by molar-refractivity contribution is 5.94. The number of anilines is 1. The van der Waals surface area contributed by atoms with E-state index in [1.807, 2.05) is 13.8 Å². The van der Waals surface area contributed by atoms with E-state index in [4.69, 9.17) is 10.6 Å². The van der Waals surface area contributed by atoms with Crippen molar-refractivity contribution in [1.82, 2.24) is 5.32 Å². The Labute approximate surface area is 101 Å². The van der Waals surface area contributed by atoms with Crippen molar-refractivity contribution in [2.24, 2.45) is 5.84 Å². The lowest BCUT2D eigenvalue weighted by Crippen LogP contribution is -2.39. The summed E-state index contributed by atoms with van der Waals surface area (Å²) in [6.07, 6.45) is 0. The van der Waals surface area contributed by atoms with Crippen LogP contribution in [0, 0.1) is 0 Å². The summed E-state index contributed by atoms with van der Waals surface area (Å²) in [5.74, 6) is 5.12. The Bertz CT molecular complexity index is 374. The van der Waals surface area contributed by atoms with Gasteiger partial charge in [-0.15, -0.1) is 0 Å². The van der Waals surface area contributed by atoms with E-state index in [1.54, 1.807) is 31.4 Å². The second-order valence-corrected chi connectivity index (χ2v) is 4.37. The number of nitrogen functional groups attached to an aromatic ring is 1. The van der Waals surface area contributed by atoms with Gasteiger partial charge in [0.2, 0.25) is 0 Å². The molecule has 0 aliphatic rings. The molecule has 0 fully saturated rings. The molecule has 94 valence electrons. The second-order valence-electron chi connectivity index (χ2n) is 4.37. The number of ether oxygens (including phenoxy) is 1. The number of benzene rings is 1. The van der Waals surface area contributed by atoms with E-state index in [0.717, 1.165) is 5.69 Å². The predicted octanol–water partition coefficient (Wildman–Crippen LogP) is 1.13. The van der Waals surface area contributed by atoms with Gasteiger partial charge in [0.25, 0.3) is 5.91 Å². The van der Waals surface area contributed by atoms with E-state index in [9.17, 15) is 4.79 Å². The molecule has 0 atom stereocenters. The first-order valence-electron chi connectivity index (χ1n) is 5.38. The molecule has 17 heavy (non-hydrogen) atoms. The van der Waals surface area contributed by atoms with E-state index in [1.165, 1.54) is 0 Å². The van der Waals surface area contributed by atoms with Gasteiger partial charge in [0, 0.05) is 24.9 Å². The highest BCUT2D eigenvalue weighted by atomic mass is 16.5. The molecule has 1 aromatic carbocycles. The van der Waals surface area contributed by atoms with Crippen molar-refractivity contribution in [2.45, 2.75) is 19.4 Å². The minimum atomic E-state index is -0.367. The molecule has 0 heterocycles. The number of methoxy groups -OCH3 is 1. The zero-order valence-electron chi connectivity index (χ0n) is 10.4. The molecule has 4 N–H and O–H groups in total. The van der Waals surface area contributed by atoms with Gasteiger partial charge in [-0.1, -0.05) is 0 Å². The molecule has 0 aromatic heterocycles. The fourth-order valence-electron chi connectivity index (χ4n) is 1.19. The molecular weight excluding hydrogens is 218 g/mol. The fourth-order valence-corrected chi connectivity index (χ4v) is 1.19. The van der Waals surface area contributed by atoms with Crippen LogP contribution in [-0.2, 0) is 4.74 Å². The van der Waals surface area contributed by atoms with Gasteiger partial charge < -0.3 is 15.5 Å². The van der Waals surface area contributed by atoms with Crippen LogP contribution in [0.1, 0.15) is 24.2 Å². The van der Waals surface area contributed by atoms with Gasteiger partial charge in [0.1, 0.15) is 0 Å². The summed E-state index contributed by atoms with van der Waals surface area (Å²) in [5.41, 5.74) is 3.50. The summed E-state index contributed by atoms with van der Waals surface area (Å²) in [6, 6.07) is 6.92. The van der Waals surface area contributed by atoms with Crippen LogP contribution < -0.4 is 16.6 Å². The molecule has 1 aromatic rings. The Balaban J connectivity index is 2.58. The highest BCUT2D eigenvalue weighted by Gasteiger charge is 2.17. The van der Waals surface area contributed by atoms with Crippen LogP contribution >= 0.6 is 0 Å². The lowest BCUT2D eigenvalue weighted by molar-refractivity contribution is 0.0229. The zero-order valence-corrected chi connectivity index (χ0v) is 10.4. The van der Waals surface area contributed by atoms with E-state index in [0.29, 0.717) is 12.1 Å². The maximum Gasteiger partial charge on any atom is 0.251 e. The Morgan fingerprint density at radius 3 is 2.41 bits per heavy atom. The summed E-state index contributed by atoms with van der Waals surface area (Å²) in [6.45, 7) is 4.28. The zero-order chi connectivity index (χ0) is 12.9. The molecule has 1 amide bonds. The fraction of sp³-hybridized carbons (Fsp3) is 0.417. The molecule has 0 aliphatic heterocycles. The van der Waals surface area contributed by atoms with E-state index in [-0.39, 0.29) is 11.5 Å². The van der Waals surface area contributed by atoms with Crippen LogP contribution in [0.25, 0.3) is 0 Å². The number of hydrogen-bond acceptors (Lipinski definition) is 4. The summed E-state index contributed by atoms with van der Waals surface area (Å²) >= 11 is 0. The van der Waals surface area contributed by atoms with Gasteiger partial charge in [-0.3, -0.25) is 10.6 Å². The molecule has 0 saturated heterocycles. The number of nitrogens with two attached hydrogens (primary N) is 1. The first-order chi connectivity index (χ1) is 7.98. The van der Waals surface area contributed by atoms with Crippen LogP contribution in [0.4, 0.5) is 5.69 Å². The van der Waals surface area contributed by atoms with Crippen molar-refractivity contribution in [3.63, 3.8) is 0 Å². The number of carbonyl (C=O) groups excluding carboxylic acids is 1. The Morgan fingerprint density at radius 2 is 1.94 bits per heavy atom. The van der Waals surface area contributed by atoms with Crippen LogP contribution in [0.5, 0.6) is 0 Å². The SMILES string of the molecule is COC(C)(C)CNC(=O)c1ccc(NN)cc1. The summed E-state index contributed by atoms with van der Waals surface area (Å²) in [4.78, 5) is 11.8. The largest absolute Gasteiger partial charge is 0.377 e. The minimum Gasteiger partial charge on any atom is -0.377 e. The maximum atomic E-state index is 11.8. The molecule has 0 spiro atoms. The number of hydrazine groups is 1. The summed E-state index contributed by atoms with van der Waals surface area (Å²) < 4.78 is 5.22. The first kappa shape index (κ1) is 13.5. The molecule has 1 rings (SSSR count). The number of hydrogen-bond donors (Lipinski definition) is 3. The van der Waals surface area contributed by atoms with Crippen LogP contribution in [-0.4, -0.2) is 25.2 Å². The molecule has 0 aliphatic carbocycles. The minimum absolute atomic E-state index is 0.126. The molecule has 5 nitrogen and oxygen atoms in total. The Kier molecular flexibility index (Phi) is 4.48. The quantitative estimate of drug-likeness (QED) is 0.530. The van der Waals surface area contributed by atoms with Crippen molar-refractivity contribution in [2.75, 3.05) is 19.1 Å². The van der Waals surface area contributed by atoms with Crippen molar-refractivity contribution in [3.8, 4) is 0 Å². The third kappa shape index (κ3) is 4.05. The monoisotopic (exact) mass is 237 g/mol. The van der Waals surface area contributed by atoms with E-state index >= 15 is 0 Å². The van der Waals surface area contributed by atoms with Crippen molar-refractivity contribution in [3.05, 3.63) is 29.8 Å². The lowest BCUT2D eigenvalue weighted by Gasteiger charge is -2.23. The van der Waals surface area contributed by atoms with Gasteiger partial charge in [-0.2, -0.15) is 0 Å². The average molecular weight is 237 g/mol. The third-order valence-corrected chi connectivity index (χ3v) is 2.54. The van der Waals surface area contributed by atoms with Gasteiger partial charge in [-0.25, -0.2) is 0 Å². The second kappa shape index (κ2) is 5.65. The van der Waals surface area contributed by atoms with Gasteiger partial charge in [0.15, 0.2) is 0 Å². The standard InChI is InChI=1S/C12H19N3O2/c1-12(2,17-3)8-14-11(16)9-4-6-10(15-13)7-5-9/h4-7,15H,8,13H2,1-3H3,(H,14,16). The molecule has 5 heteroatoms. The maximum absolute atomic E-state index is 11.8.